The van der Waals surface area contributed by atoms with Gasteiger partial charge in [-0.1, -0.05) is 26.2 Å². The number of hydrogen-bond acceptors (Lipinski definition) is 4. The van der Waals surface area contributed by atoms with Gasteiger partial charge in [0.2, 0.25) is 5.88 Å². The zero-order valence-electron chi connectivity index (χ0n) is 11.3. The number of methoxy groups -OCH3 is 1. The van der Waals surface area contributed by atoms with E-state index in [9.17, 15) is 0 Å². The first-order valence-corrected chi connectivity index (χ1v) is 6.67. The summed E-state index contributed by atoms with van der Waals surface area (Å²) in [7, 11) is 1.59. The zero-order valence-corrected chi connectivity index (χ0v) is 11.3. The summed E-state index contributed by atoms with van der Waals surface area (Å²) in [5.74, 6) is 1.33. The molecule has 1 aliphatic carbocycles. The Bertz CT molecular complexity index is 400. The minimum atomic E-state index is 0.397. The number of nitrogens with one attached hydrogen (secondary N) is 1. The van der Waals surface area contributed by atoms with Gasteiger partial charge in [-0.2, -0.15) is 4.98 Å². The van der Waals surface area contributed by atoms with Gasteiger partial charge in [-0.25, -0.2) is 0 Å². The highest BCUT2D eigenvalue weighted by Gasteiger charge is 2.26. The van der Waals surface area contributed by atoms with Gasteiger partial charge in [-0.15, -0.1) is 0 Å². The molecule has 4 heteroatoms. The van der Waals surface area contributed by atoms with Crippen molar-refractivity contribution in [3.63, 3.8) is 0 Å². The summed E-state index contributed by atoms with van der Waals surface area (Å²) in [4.78, 5) is 4.35. The molecule has 2 rings (SSSR count). The molecule has 0 atom stereocenters. The Morgan fingerprint density at radius 3 is 2.72 bits per heavy atom. The van der Waals surface area contributed by atoms with Gasteiger partial charge in [0, 0.05) is 6.54 Å². The first kappa shape index (κ1) is 13.0. The number of nitrogens with two attached hydrogens (primary N) is 1. The molecule has 0 aliphatic heterocycles. The highest BCUT2D eigenvalue weighted by molar-refractivity contribution is 5.53. The zero-order chi connectivity index (χ0) is 13.0. The summed E-state index contributed by atoms with van der Waals surface area (Å²) in [6, 6.07) is 3.74. The van der Waals surface area contributed by atoms with Crippen LogP contribution in [0.3, 0.4) is 0 Å². The molecule has 0 aromatic carbocycles. The summed E-state index contributed by atoms with van der Waals surface area (Å²) in [5.41, 5.74) is 6.72. The Morgan fingerprint density at radius 1 is 1.33 bits per heavy atom. The minimum Gasteiger partial charge on any atom is -0.479 e. The fourth-order valence-corrected chi connectivity index (χ4v) is 2.60. The monoisotopic (exact) mass is 249 g/mol. The summed E-state index contributed by atoms with van der Waals surface area (Å²) in [5, 5.41) is 3.41. The maximum Gasteiger partial charge on any atom is 0.238 e. The Balaban J connectivity index is 1.97. The Labute approximate surface area is 109 Å². The second kappa shape index (κ2) is 5.46. The van der Waals surface area contributed by atoms with Gasteiger partial charge in [0.05, 0.1) is 12.8 Å². The van der Waals surface area contributed by atoms with Crippen LogP contribution in [0.25, 0.3) is 0 Å². The fourth-order valence-electron chi connectivity index (χ4n) is 2.60. The molecular formula is C14H23N3O. The molecule has 1 aliphatic rings. The van der Waals surface area contributed by atoms with Gasteiger partial charge in [0.25, 0.3) is 0 Å². The summed E-state index contributed by atoms with van der Waals surface area (Å²) < 4.78 is 5.13. The number of nitrogens with zero attached hydrogens (tertiary/aromatic N) is 1. The molecule has 1 heterocycles. The first-order valence-electron chi connectivity index (χ1n) is 6.67. The van der Waals surface area contributed by atoms with Crippen LogP contribution in [0, 0.1) is 5.41 Å². The smallest absolute Gasteiger partial charge is 0.238 e. The number of pyridine rings is 1. The van der Waals surface area contributed by atoms with Crippen molar-refractivity contribution in [2.24, 2.45) is 5.41 Å². The third-order valence-corrected chi connectivity index (χ3v) is 3.84. The third-order valence-electron chi connectivity index (χ3n) is 3.84. The average molecular weight is 249 g/mol. The van der Waals surface area contributed by atoms with Crippen molar-refractivity contribution < 1.29 is 4.74 Å². The van der Waals surface area contributed by atoms with E-state index >= 15 is 0 Å². The number of aromatic nitrogens is 1. The van der Waals surface area contributed by atoms with Crippen LogP contribution in [0.5, 0.6) is 5.88 Å². The van der Waals surface area contributed by atoms with Crippen LogP contribution in [0.1, 0.15) is 39.0 Å². The van der Waals surface area contributed by atoms with Gasteiger partial charge in [-0.3, -0.25) is 0 Å². The van der Waals surface area contributed by atoms with E-state index in [1.54, 1.807) is 7.11 Å². The van der Waals surface area contributed by atoms with Gasteiger partial charge in [-0.05, 0) is 30.4 Å². The van der Waals surface area contributed by atoms with Crippen LogP contribution < -0.4 is 15.8 Å². The second-order valence-electron chi connectivity index (χ2n) is 5.52. The summed E-state index contributed by atoms with van der Waals surface area (Å²) in [6.07, 6.45) is 6.66. The number of rotatable bonds is 4. The van der Waals surface area contributed by atoms with Gasteiger partial charge >= 0.3 is 0 Å². The molecule has 18 heavy (non-hydrogen) atoms. The van der Waals surface area contributed by atoms with Crippen LogP contribution >= 0.6 is 0 Å². The number of hydrogen-bond donors (Lipinski definition) is 2. The lowest BCUT2D eigenvalue weighted by Crippen LogP contribution is -2.29. The van der Waals surface area contributed by atoms with E-state index in [0.29, 0.717) is 17.0 Å². The summed E-state index contributed by atoms with van der Waals surface area (Å²) in [6.45, 7) is 3.32. The van der Waals surface area contributed by atoms with Crippen LogP contribution in [-0.4, -0.2) is 18.6 Å². The average Bonchev–Trinajstić information content (AvgIpc) is 2.39. The molecule has 1 aromatic rings. The molecule has 1 aromatic heterocycles. The number of anilines is 2. The van der Waals surface area contributed by atoms with Crippen LogP contribution in [0.2, 0.25) is 0 Å². The molecule has 100 valence electrons. The largest absolute Gasteiger partial charge is 0.479 e. The maximum atomic E-state index is 5.75. The predicted molar refractivity (Wildman–Crippen MR) is 74.9 cm³/mol. The molecule has 0 bridgehead atoms. The molecular weight excluding hydrogens is 226 g/mol. The topological polar surface area (TPSA) is 60.2 Å². The van der Waals surface area contributed by atoms with Crippen molar-refractivity contribution in [3.05, 3.63) is 12.1 Å². The maximum absolute atomic E-state index is 5.75. The molecule has 0 spiro atoms. The third kappa shape index (κ3) is 3.06. The van der Waals surface area contributed by atoms with Gasteiger partial charge in [0.15, 0.2) is 0 Å². The van der Waals surface area contributed by atoms with Crippen LogP contribution in [0.15, 0.2) is 12.1 Å². The van der Waals surface area contributed by atoms with E-state index in [2.05, 4.69) is 17.2 Å². The van der Waals surface area contributed by atoms with E-state index < -0.39 is 0 Å². The molecule has 1 saturated carbocycles. The van der Waals surface area contributed by atoms with Gasteiger partial charge in [0.1, 0.15) is 5.82 Å². The quantitative estimate of drug-likeness (QED) is 0.861. The second-order valence-corrected chi connectivity index (χ2v) is 5.52. The van der Waals surface area contributed by atoms with Crippen molar-refractivity contribution >= 4 is 11.5 Å². The van der Waals surface area contributed by atoms with Crippen molar-refractivity contribution in [2.45, 2.75) is 39.0 Å². The Morgan fingerprint density at radius 2 is 2.06 bits per heavy atom. The number of ether oxygens (including phenoxy) is 1. The normalized spacial score (nSPS) is 18.3. The SMILES string of the molecule is COc1nc(NCC2(C)CCCCC2)ccc1N. The lowest BCUT2D eigenvalue weighted by molar-refractivity contribution is 0.233. The Kier molecular flexibility index (Phi) is 3.94. The van der Waals surface area contributed by atoms with E-state index in [4.69, 9.17) is 10.5 Å². The number of nitrogen functional groups attached to an aromatic ring is 1. The predicted octanol–water partition coefficient (Wildman–Crippen LogP) is 3.05. The highest BCUT2D eigenvalue weighted by Crippen LogP contribution is 2.35. The lowest BCUT2D eigenvalue weighted by Gasteiger charge is -2.33. The molecule has 3 N–H and O–H groups in total. The van der Waals surface area contributed by atoms with Crippen molar-refractivity contribution in [1.29, 1.82) is 0 Å². The lowest BCUT2D eigenvalue weighted by atomic mass is 9.76. The Hall–Kier alpha value is -1.45. The summed E-state index contributed by atoms with van der Waals surface area (Å²) >= 11 is 0. The standard InChI is InChI=1S/C14H23N3O/c1-14(8-4-3-5-9-14)10-16-12-7-6-11(15)13(17-12)18-2/h6-7H,3-5,8-10,15H2,1-2H3,(H,16,17). The molecule has 0 radical (unpaired) electrons. The van der Waals surface area contributed by atoms with Crippen molar-refractivity contribution in [3.8, 4) is 5.88 Å². The molecule has 1 fully saturated rings. The van der Waals surface area contributed by atoms with Crippen molar-refractivity contribution in [2.75, 3.05) is 24.7 Å². The molecule has 0 amide bonds. The van der Waals surface area contributed by atoms with Crippen LogP contribution in [-0.2, 0) is 0 Å². The first-order chi connectivity index (χ1) is 8.63. The van der Waals surface area contributed by atoms with E-state index in [1.807, 2.05) is 12.1 Å². The van der Waals surface area contributed by atoms with Gasteiger partial charge < -0.3 is 15.8 Å². The van der Waals surface area contributed by atoms with E-state index in [0.717, 1.165) is 12.4 Å². The van der Waals surface area contributed by atoms with E-state index in [1.165, 1.54) is 32.1 Å². The minimum absolute atomic E-state index is 0.397. The molecule has 4 nitrogen and oxygen atoms in total. The van der Waals surface area contributed by atoms with E-state index in [-0.39, 0.29) is 0 Å². The van der Waals surface area contributed by atoms with Crippen LogP contribution in [0.4, 0.5) is 11.5 Å². The van der Waals surface area contributed by atoms with Crippen molar-refractivity contribution in [1.82, 2.24) is 4.98 Å². The fraction of sp³-hybridized carbons (Fsp3) is 0.643. The highest BCUT2D eigenvalue weighted by atomic mass is 16.5. The molecule has 0 saturated heterocycles. The molecule has 0 unspecified atom stereocenters.